The van der Waals surface area contributed by atoms with Gasteiger partial charge in [-0.1, -0.05) is 0 Å². The van der Waals surface area contributed by atoms with Crippen LogP contribution in [0.3, 0.4) is 0 Å². The Morgan fingerprint density at radius 3 is 2.60 bits per heavy atom. The molecule has 0 radical (unpaired) electrons. The number of hydrogen-bond acceptors (Lipinski definition) is 5. The second kappa shape index (κ2) is 6.97. The summed E-state index contributed by atoms with van der Waals surface area (Å²) in [5, 5.41) is 0. The Bertz CT molecular complexity index is 1250. The monoisotopic (exact) mass is 414 g/mol. The Kier molecular flexibility index (Phi) is 4.56. The van der Waals surface area contributed by atoms with Crippen LogP contribution in [0.4, 0.5) is 19.0 Å². The van der Waals surface area contributed by atoms with Gasteiger partial charge in [-0.25, -0.2) is 9.97 Å². The molecular weight excluding hydrogens is 397 g/mol. The molecule has 0 bridgehead atoms. The maximum Gasteiger partial charge on any atom is 0.417 e. The number of carbonyl (C=O) groups excluding carboxylic acids is 1. The molecule has 4 aromatic rings. The maximum atomic E-state index is 13.0. The fraction of sp³-hybridized carbons (Fsp3) is 0.200. The molecule has 0 unspecified atom stereocenters. The molecule has 1 aromatic carbocycles. The first-order valence-electron chi connectivity index (χ1n) is 8.98. The van der Waals surface area contributed by atoms with E-state index in [1.54, 1.807) is 49.1 Å². The fourth-order valence-electron chi connectivity index (χ4n) is 3.21. The summed E-state index contributed by atoms with van der Waals surface area (Å²) in [6.45, 7) is 1.70. The smallest absolute Gasteiger partial charge is 0.382 e. The molecule has 3 heterocycles. The molecule has 0 spiro atoms. The predicted molar refractivity (Wildman–Crippen MR) is 105 cm³/mol. The zero-order valence-corrected chi connectivity index (χ0v) is 16.1. The van der Waals surface area contributed by atoms with Gasteiger partial charge in [-0.15, -0.1) is 0 Å². The summed E-state index contributed by atoms with van der Waals surface area (Å²) in [6.07, 6.45) is -0.521. The second-order valence-electron chi connectivity index (χ2n) is 6.91. The number of anilines is 1. The summed E-state index contributed by atoms with van der Waals surface area (Å²) in [5.74, 6) is 0.0226. The van der Waals surface area contributed by atoms with Crippen LogP contribution in [0.2, 0.25) is 0 Å². The second-order valence-corrected chi connectivity index (χ2v) is 6.91. The molecule has 7 nitrogen and oxygen atoms in total. The fourth-order valence-corrected chi connectivity index (χ4v) is 3.21. The molecule has 0 fully saturated rings. The highest BCUT2D eigenvalue weighted by Crippen LogP contribution is 2.30. The number of fused-ring (bicyclic) bond motifs is 3. The number of benzene rings is 1. The maximum absolute atomic E-state index is 13.0. The van der Waals surface area contributed by atoms with Gasteiger partial charge in [-0.3, -0.25) is 14.2 Å². The van der Waals surface area contributed by atoms with Crippen molar-refractivity contribution in [2.75, 3.05) is 12.8 Å². The van der Waals surface area contributed by atoms with Crippen LogP contribution >= 0.6 is 0 Å². The quantitative estimate of drug-likeness (QED) is 0.552. The van der Waals surface area contributed by atoms with Crippen LogP contribution in [0.15, 0.2) is 49.1 Å². The normalized spacial score (nSPS) is 13.0. The lowest BCUT2D eigenvalue weighted by atomic mass is 10.1. The molecule has 30 heavy (non-hydrogen) atoms. The molecule has 4 rings (SSSR count). The van der Waals surface area contributed by atoms with Crippen molar-refractivity contribution in [3.63, 3.8) is 0 Å². The highest BCUT2D eigenvalue weighted by Gasteiger charge is 2.31. The van der Waals surface area contributed by atoms with Gasteiger partial charge in [0.15, 0.2) is 0 Å². The van der Waals surface area contributed by atoms with Crippen molar-refractivity contribution >= 4 is 28.3 Å². The van der Waals surface area contributed by atoms with Gasteiger partial charge in [0.25, 0.3) is 5.91 Å². The molecule has 2 N–H and O–H groups in total. The molecule has 154 valence electrons. The molecule has 0 aliphatic carbocycles. The average molecular weight is 414 g/mol. The number of nitrogen functional groups attached to an aromatic ring is 1. The summed E-state index contributed by atoms with van der Waals surface area (Å²) in [4.78, 5) is 26.7. The SMILES string of the molecule is C[C@H](c1ccc(C(F)(F)F)cn1)N(C)C(=O)c1ccc2nc(N)c3cncn3c2c1. The van der Waals surface area contributed by atoms with E-state index >= 15 is 0 Å². The van der Waals surface area contributed by atoms with E-state index < -0.39 is 17.8 Å². The van der Waals surface area contributed by atoms with E-state index in [0.717, 1.165) is 12.3 Å². The van der Waals surface area contributed by atoms with E-state index in [2.05, 4.69) is 15.0 Å². The number of carbonyl (C=O) groups is 1. The van der Waals surface area contributed by atoms with Crippen LogP contribution in [-0.2, 0) is 6.18 Å². The Hall–Kier alpha value is -3.69. The minimum atomic E-state index is -4.46. The molecule has 0 aliphatic heterocycles. The van der Waals surface area contributed by atoms with Crippen LogP contribution in [0.5, 0.6) is 0 Å². The zero-order chi connectivity index (χ0) is 21.6. The number of amides is 1. The number of pyridine rings is 1. The zero-order valence-electron chi connectivity index (χ0n) is 16.1. The number of nitrogens with two attached hydrogens (primary N) is 1. The van der Waals surface area contributed by atoms with Gasteiger partial charge in [-0.05, 0) is 37.3 Å². The first-order valence-corrected chi connectivity index (χ1v) is 8.98. The summed E-state index contributed by atoms with van der Waals surface area (Å²) in [6, 6.07) is 6.70. The van der Waals surface area contributed by atoms with E-state index in [0.29, 0.717) is 33.6 Å². The van der Waals surface area contributed by atoms with Crippen LogP contribution in [-0.4, -0.2) is 37.2 Å². The lowest BCUT2D eigenvalue weighted by Gasteiger charge is -2.25. The van der Waals surface area contributed by atoms with Gasteiger partial charge in [-0.2, -0.15) is 13.2 Å². The van der Waals surface area contributed by atoms with Crippen molar-refractivity contribution in [3.05, 3.63) is 65.9 Å². The Labute approximate surface area is 169 Å². The molecule has 3 aromatic heterocycles. The number of nitrogens with zero attached hydrogens (tertiary/aromatic N) is 5. The summed E-state index contributed by atoms with van der Waals surface area (Å²) in [7, 11) is 1.57. The minimum absolute atomic E-state index is 0.309. The summed E-state index contributed by atoms with van der Waals surface area (Å²) >= 11 is 0. The molecule has 1 amide bonds. The number of rotatable bonds is 3. The third-order valence-electron chi connectivity index (χ3n) is 5.07. The van der Waals surface area contributed by atoms with Gasteiger partial charge < -0.3 is 10.6 Å². The van der Waals surface area contributed by atoms with E-state index in [-0.39, 0.29) is 5.91 Å². The average Bonchev–Trinajstić information content (AvgIpc) is 3.22. The topological polar surface area (TPSA) is 89.4 Å². The van der Waals surface area contributed by atoms with Crippen molar-refractivity contribution in [3.8, 4) is 0 Å². The Morgan fingerprint density at radius 1 is 1.17 bits per heavy atom. The Morgan fingerprint density at radius 2 is 1.93 bits per heavy atom. The van der Waals surface area contributed by atoms with Crippen LogP contribution < -0.4 is 5.73 Å². The van der Waals surface area contributed by atoms with E-state index in [9.17, 15) is 18.0 Å². The van der Waals surface area contributed by atoms with Crippen molar-refractivity contribution < 1.29 is 18.0 Å². The molecule has 0 saturated heterocycles. The lowest BCUT2D eigenvalue weighted by molar-refractivity contribution is -0.137. The van der Waals surface area contributed by atoms with E-state index in [1.807, 2.05) is 0 Å². The van der Waals surface area contributed by atoms with Crippen LogP contribution in [0.1, 0.15) is 34.6 Å². The van der Waals surface area contributed by atoms with E-state index in [1.165, 1.54) is 11.0 Å². The van der Waals surface area contributed by atoms with Gasteiger partial charge in [0.05, 0.1) is 40.9 Å². The lowest BCUT2D eigenvalue weighted by Crippen LogP contribution is -2.30. The number of imidazole rings is 1. The molecule has 0 saturated carbocycles. The third kappa shape index (κ3) is 3.30. The van der Waals surface area contributed by atoms with Crippen molar-refractivity contribution in [1.82, 2.24) is 24.3 Å². The Balaban J connectivity index is 1.65. The molecule has 1 atom stereocenters. The molecule has 0 aliphatic rings. The summed E-state index contributed by atoms with van der Waals surface area (Å²) < 4.78 is 40.0. The van der Waals surface area contributed by atoms with Crippen LogP contribution in [0, 0.1) is 0 Å². The number of hydrogen-bond donors (Lipinski definition) is 1. The van der Waals surface area contributed by atoms with E-state index in [4.69, 9.17) is 5.73 Å². The predicted octanol–water partition coefficient (Wildman–Crippen LogP) is 3.71. The van der Waals surface area contributed by atoms with Gasteiger partial charge in [0.1, 0.15) is 11.3 Å². The van der Waals surface area contributed by atoms with Crippen molar-refractivity contribution in [2.45, 2.75) is 19.1 Å². The first-order chi connectivity index (χ1) is 14.2. The highest BCUT2D eigenvalue weighted by molar-refractivity contribution is 5.98. The van der Waals surface area contributed by atoms with Crippen molar-refractivity contribution in [2.24, 2.45) is 0 Å². The van der Waals surface area contributed by atoms with Crippen molar-refractivity contribution in [1.29, 1.82) is 0 Å². The molecular formula is C20H17F3N6O. The minimum Gasteiger partial charge on any atom is -0.382 e. The third-order valence-corrected chi connectivity index (χ3v) is 5.07. The number of alkyl halides is 3. The van der Waals surface area contributed by atoms with Gasteiger partial charge >= 0.3 is 6.18 Å². The standard InChI is InChI=1S/C20H17F3N6O/c1-11(14-6-4-13(8-26-14)20(21,22)23)28(2)19(30)12-3-5-15-16(7-12)29-10-25-9-17(29)18(24)27-15/h3-11H,1-2H3,(H2,24,27)/t11-/m1/s1. The summed E-state index contributed by atoms with van der Waals surface area (Å²) in [5.41, 5.74) is 7.74. The van der Waals surface area contributed by atoms with Crippen LogP contribution in [0.25, 0.3) is 16.6 Å². The largest absolute Gasteiger partial charge is 0.417 e. The molecule has 10 heteroatoms. The number of aromatic nitrogens is 4. The number of halogens is 3. The van der Waals surface area contributed by atoms with Gasteiger partial charge in [0.2, 0.25) is 0 Å². The van der Waals surface area contributed by atoms with Gasteiger partial charge in [0, 0.05) is 18.8 Å². The highest BCUT2D eigenvalue weighted by atomic mass is 19.4. The first kappa shape index (κ1) is 19.6.